The van der Waals surface area contributed by atoms with Crippen LogP contribution in [0.1, 0.15) is 60.5 Å². The second-order valence-corrected chi connectivity index (χ2v) is 10.2. The molecule has 5 rings (SSSR count). The highest BCUT2D eigenvalue weighted by Gasteiger charge is 2.42. The summed E-state index contributed by atoms with van der Waals surface area (Å²) in [5.74, 6) is 4.59. The summed E-state index contributed by atoms with van der Waals surface area (Å²) in [5.41, 5.74) is 5.62. The van der Waals surface area contributed by atoms with Crippen molar-refractivity contribution in [2.24, 2.45) is 11.8 Å². The van der Waals surface area contributed by atoms with Gasteiger partial charge in [0.25, 0.3) is 0 Å². The van der Waals surface area contributed by atoms with Gasteiger partial charge in [-0.3, -0.25) is 4.90 Å². The first-order valence-corrected chi connectivity index (χ1v) is 13.1. The van der Waals surface area contributed by atoms with Crippen LogP contribution in [0.3, 0.4) is 0 Å². The van der Waals surface area contributed by atoms with Gasteiger partial charge in [0.05, 0.1) is 28.4 Å². The Morgan fingerprint density at radius 1 is 0.800 bits per heavy atom. The van der Waals surface area contributed by atoms with Crippen molar-refractivity contribution < 1.29 is 18.9 Å². The van der Waals surface area contributed by atoms with Crippen molar-refractivity contribution in [3.05, 3.63) is 46.5 Å². The van der Waals surface area contributed by atoms with Crippen LogP contribution in [0, 0.1) is 11.8 Å². The standard InChI is InChI=1S/C29H40N2O4/c1-6-21-19(13-24-22-16-27(34-4)25(32-2)14-18(22)7-10-30-24)8-11-31-12-9-20-15-26(33-3)28(35-5)17-23(20)29(21)31/h14-17,19,21,24,29-30H,6-13H2,1-5H3. The fraction of sp³-hybridized carbons (Fsp3) is 0.586. The van der Waals surface area contributed by atoms with E-state index in [1.54, 1.807) is 28.4 Å². The van der Waals surface area contributed by atoms with Crippen molar-refractivity contribution in [3.8, 4) is 23.0 Å². The number of hydrogen-bond acceptors (Lipinski definition) is 6. The molecule has 6 heteroatoms. The fourth-order valence-corrected chi connectivity index (χ4v) is 6.92. The molecule has 4 atom stereocenters. The van der Waals surface area contributed by atoms with Crippen molar-refractivity contribution in [1.82, 2.24) is 10.2 Å². The summed E-state index contributed by atoms with van der Waals surface area (Å²) < 4.78 is 22.6. The molecule has 3 aliphatic rings. The van der Waals surface area contributed by atoms with Crippen LogP contribution in [-0.2, 0) is 12.8 Å². The van der Waals surface area contributed by atoms with Gasteiger partial charge in [0.2, 0.25) is 0 Å². The van der Waals surface area contributed by atoms with Crippen LogP contribution in [0.2, 0.25) is 0 Å². The van der Waals surface area contributed by atoms with E-state index in [0.717, 1.165) is 61.9 Å². The minimum absolute atomic E-state index is 0.345. The normalized spacial score (nSPS) is 25.7. The van der Waals surface area contributed by atoms with Gasteiger partial charge in [-0.2, -0.15) is 0 Å². The summed E-state index contributed by atoms with van der Waals surface area (Å²) in [4.78, 5) is 2.72. The van der Waals surface area contributed by atoms with Crippen LogP contribution >= 0.6 is 0 Å². The fourth-order valence-electron chi connectivity index (χ4n) is 6.92. The van der Waals surface area contributed by atoms with Gasteiger partial charge < -0.3 is 24.3 Å². The van der Waals surface area contributed by atoms with E-state index < -0.39 is 0 Å². The third-order valence-electron chi connectivity index (χ3n) is 8.64. The molecule has 0 bridgehead atoms. The molecule has 0 spiro atoms. The Morgan fingerprint density at radius 2 is 1.40 bits per heavy atom. The summed E-state index contributed by atoms with van der Waals surface area (Å²) in [5, 5.41) is 3.83. The number of nitrogens with one attached hydrogen (secondary N) is 1. The van der Waals surface area contributed by atoms with Crippen molar-refractivity contribution in [2.75, 3.05) is 48.1 Å². The number of ether oxygens (including phenoxy) is 4. The predicted molar refractivity (Wildman–Crippen MR) is 138 cm³/mol. The van der Waals surface area contributed by atoms with Crippen LogP contribution in [-0.4, -0.2) is 53.0 Å². The number of rotatable bonds is 7. The second-order valence-electron chi connectivity index (χ2n) is 10.2. The Kier molecular flexibility index (Phi) is 7.12. The molecule has 0 amide bonds. The molecule has 6 nitrogen and oxygen atoms in total. The first-order valence-electron chi connectivity index (χ1n) is 13.1. The summed E-state index contributed by atoms with van der Waals surface area (Å²) >= 11 is 0. The average molecular weight is 481 g/mol. The number of methoxy groups -OCH3 is 4. The van der Waals surface area contributed by atoms with E-state index in [1.165, 1.54) is 35.1 Å². The van der Waals surface area contributed by atoms with Gasteiger partial charge in [-0.25, -0.2) is 0 Å². The Hall–Kier alpha value is -2.44. The Labute approximate surface area is 209 Å². The highest BCUT2D eigenvalue weighted by Crippen LogP contribution is 2.49. The van der Waals surface area contributed by atoms with Gasteiger partial charge in [-0.15, -0.1) is 0 Å². The molecular weight excluding hydrogens is 440 g/mol. The first-order chi connectivity index (χ1) is 17.1. The van der Waals surface area contributed by atoms with Crippen LogP contribution in [0.15, 0.2) is 24.3 Å². The lowest BCUT2D eigenvalue weighted by Crippen LogP contribution is -2.47. The highest BCUT2D eigenvalue weighted by atomic mass is 16.5. The minimum atomic E-state index is 0.345. The van der Waals surface area contributed by atoms with Gasteiger partial charge in [0, 0.05) is 18.6 Å². The topological polar surface area (TPSA) is 52.2 Å². The summed E-state index contributed by atoms with van der Waals surface area (Å²) in [6, 6.07) is 9.63. The lowest BCUT2D eigenvalue weighted by molar-refractivity contribution is 0.0291. The summed E-state index contributed by atoms with van der Waals surface area (Å²) in [6.45, 7) is 5.65. The molecule has 1 fully saturated rings. The molecule has 1 N–H and O–H groups in total. The molecule has 0 saturated carbocycles. The van der Waals surface area contributed by atoms with Gasteiger partial charge in [0.15, 0.2) is 23.0 Å². The van der Waals surface area contributed by atoms with Crippen molar-refractivity contribution in [3.63, 3.8) is 0 Å². The van der Waals surface area contributed by atoms with Gasteiger partial charge in [0.1, 0.15) is 0 Å². The zero-order valence-electron chi connectivity index (χ0n) is 21.9. The largest absolute Gasteiger partial charge is 0.493 e. The van der Waals surface area contributed by atoms with Crippen molar-refractivity contribution in [2.45, 2.75) is 51.1 Å². The molecule has 2 aromatic carbocycles. The van der Waals surface area contributed by atoms with E-state index in [-0.39, 0.29) is 0 Å². The second kappa shape index (κ2) is 10.3. The lowest BCUT2D eigenvalue weighted by atomic mass is 9.70. The molecule has 0 radical (unpaired) electrons. The predicted octanol–water partition coefficient (Wildman–Crippen LogP) is 4.94. The number of nitrogens with zero attached hydrogens (tertiary/aromatic N) is 1. The maximum atomic E-state index is 5.70. The minimum Gasteiger partial charge on any atom is -0.493 e. The molecule has 3 aliphatic heterocycles. The molecule has 4 unspecified atom stereocenters. The number of benzene rings is 2. The number of hydrogen-bond donors (Lipinski definition) is 1. The Balaban J connectivity index is 1.45. The molecule has 2 aromatic rings. The van der Waals surface area contributed by atoms with Crippen LogP contribution in [0.25, 0.3) is 0 Å². The molecule has 0 aromatic heterocycles. The molecule has 0 aliphatic carbocycles. The smallest absolute Gasteiger partial charge is 0.161 e. The van der Waals surface area contributed by atoms with Crippen LogP contribution < -0.4 is 24.3 Å². The van der Waals surface area contributed by atoms with E-state index in [0.29, 0.717) is 23.9 Å². The van der Waals surface area contributed by atoms with Crippen LogP contribution in [0.5, 0.6) is 23.0 Å². The summed E-state index contributed by atoms with van der Waals surface area (Å²) in [7, 11) is 6.91. The average Bonchev–Trinajstić information content (AvgIpc) is 2.91. The quantitative estimate of drug-likeness (QED) is 0.606. The molecule has 190 valence electrons. The van der Waals surface area contributed by atoms with Crippen molar-refractivity contribution >= 4 is 0 Å². The zero-order valence-corrected chi connectivity index (χ0v) is 21.9. The number of piperidine rings is 1. The molecule has 35 heavy (non-hydrogen) atoms. The highest BCUT2D eigenvalue weighted by molar-refractivity contribution is 5.51. The molecule has 3 heterocycles. The third kappa shape index (κ3) is 4.36. The monoisotopic (exact) mass is 480 g/mol. The van der Waals surface area contributed by atoms with E-state index >= 15 is 0 Å². The van der Waals surface area contributed by atoms with E-state index in [2.05, 4.69) is 41.4 Å². The molecule has 1 saturated heterocycles. The Morgan fingerprint density at radius 3 is 2.03 bits per heavy atom. The zero-order chi connectivity index (χ0) is 24.5. The van der Waals surface area contributed by atoms with E-state index in [1.807, 2.05) is 0 Å². The Bertz CT molecular complexity index is 1060. The summed E-state index contributed by atoms with van der Waals surface area (Å²) in [6.07, 6.45) is 5.67. The van der Waals surface area contributed by atoms with Gasteiger partial charge in [-0.1, -0.05) is 13.3 Å². The molecular formula is C29H40N2O4. The first kappa shape index (κ1) is 24.3. The lowest BCUT2D eigenvalue weighted by Gasteiger charge is -2.49. The van der Waals surface area contributed by atoms with Gasteiger partial charge in [-0.05, 0) is 97.1 Å². The third-order valence-corrected chi connectivity index (χ3v) is 8.64. The van der Waals surface area contributed by atoms with E-state index in [4.69, 9.17) is 18.9 Å². The SMILES string of the molecule is CCC1C(CC2NCCc3cc(OC)c(OC)cc32)CCN2CCc3cc(OC)c(OC)cc3C12. The van der Waals surface area contributed by atoms with Crippen LogP contribution in [0.4, 0.5) is 0 Å². The maximum Gasteiger partial charge on any atom is 0.161 e. The van der Waals surface area contributed by atoms with Crippen molar-refractivity contribution in [1.29, 1.82) is 0 Å². The van der Waals surface area contributed by atoms with E-state index in [9.17, 15) is 0 Å². The maximum absolute atomic E-state index is 5.70. The number of fused-ring (bicyclic) bond motifs is 4. The van der Waals surface area contributed by atoms with Gasteiger partial charge >= 0.3 is 0 Å².